The Bertz CT molecular complexity index is 957. The predicted molar refractivity (Wildman–Crippen MR) is 129 cm³/mol. The van der Waals surface area contributed by atoms with Gasteiger partial charge in [-0.25, -0.2) is 4.72 Å². The van der Waals surface area contributed by atoms with Crippen molar-refractivity contribution in [1.82, 2.24) is 9.62 Å². The quantitative estimate of drug-likeness (QED) is 0.622. The highest BCUT2D eigenvalue weighted by Crippen LogP contribution is 2.42. The van der Waals surface area contributed by atoms with E-state index in [1.165, 1.54) is 49.2 Å². The highest BCUT2D eigenvalue weighted by Gasteiger charge is 2.40. The molecule has 1 N–H and O–H groups in total. The van der Waals surface area contributed by atoms with Crippen molar-refractivity contribution >= 4 is 17.0 Å². The minimum absolute atomic E-state index is 0.173. The van der Waals surface area contributed by atoms with E-state index in [2.05, 4.69) is 70.0 Å². The SMILES string of the molecule is CC1(CCNS(=O)[O-])CN(c2ccc3c(c2)[C@@H](Cc2ccccc2)[C@@H](N2CCC2)CC3)C1. The fourth-order valence-electron chi connectivity index (χ4n) is 5.94. The average molecular weight is 453 g/mol. The topological polar surface area (TPSA) is 58.6 Å². The van der Waals surface area contributed by atoms with Crippen molar-refractivity contribution in [3.8, 4) is 0 Å². The molecule has 3 atom stereocenters. The number of nitrogens with zero attached hydrogens (tertiary/aromatic N) is 2. The Hall–Kier alpha value is -1.73. The maximum absolute atomic E-state index is 10.8. The molecule has 172 valence electrons. The number of hydrogen-bond donors (Lipinski definition) is 1. The third kappa shape index (κ3) is 4.65. The summed E-state index contributed by atoms with van der Waals surface area (Å²) in [6.45, 7) is 7.24. The molecule has 1 aliphatic carbocycles. The Morgan fingerprint density at radius 3 is 2.62 bits per heavy atom. The number of rotatable bonds is 8. The van der Waals surface area contributed by atoms with E-state index in [1.807, 2.05) is 0 Å². The molecule has 2 aliphatic heterocycles. The summed E-state index contributed by atoms with van der Waals surface area (Å²) in [5.41, 5.74) is 6.00. The Morgan fingerprint density at radius 2 is 1.94 bits per heavy atom. The number of hydrogen-bond acceptors (Lipinski definition) is 4. The molecule has 2 saturated heterocycles. The number of nitrogens with one attached hydrogen (secondary N) is 1. The molecule has 5 rings (SSSR count). The monoisotopic (exact) mass is 452 g/mol. The van der Waals surface area contributed by atoms with Crippen LogP contribution in [-0.4, -0.2) is 52.4 Å². The van der Waals surface area contributed by atoms with E-state index in [9.17, 15) is 8.76 Å². The molecule has 3 aliphatic rings. The van der Waals surface area contributed by atoms with Gasteiger partial charge in [0, 0.05) is 54.0 Å². The van der Waals surface area contributed by atoms with E-state index >= 15 is 0 Å². The molecule has 0 radical (unpaired) electrons. The lowest BCUT2D eigenvalue weighted by Crippen LogP contribution is -2.55. The molecule has 5 nitrogen and oxygen atoms in total. The van der Waals surface area contributed by atoms with E-state index in [1.54, 1.807) is 5.56 Å². The second-order valence-corrected chi connectivity index (χ2v) is 11.0. The van der Waals surface area contributed by atoms with Crippen LogP contribution >= 0.6 is 0 Å². The van der Waals surface area contributed by atoms with Crippen molar-refractivity contribution in [2.24, 2.45) is 5.41 Å². The molecule has 6 heteroatoms. The molecule has 0 saturated carbocycles. The maximum atomic E-state index is 10.8. The van der Waals surface area contributed by atoms with Crippen LogP contribution in [0.3, 0.4) is 0 Å². The lowest BCUT2D eigenvalue weighted by atomic mass is 9.74. The highest BCUT2D eigenvalue weighted by molar-refractivity contribution is 7.77. The number of anilines is 1. The summed E-state index contributed by atoms with van der Waals surface area (Å²) in [4.78, 5) is 5.16. The molecular weight excluding hydrogens is 418 g/mol. The summed E-state index contributed by atoms with van der Waals surface area (Å²) >= 11 is -2.17. The van der Waals surface area contributed by atoms with Gasteiger partial charge >= 0.3 is 0 Å². The molecule has 0 aromatic heterocycles. The van der Waals surface area contributed by atoms with Crippen molar-refractivity contribution in [3.63, 3.8) is 0 Å². The minimum Gasteiger partial charge on any atom is -0.760 e. The van der Waals surface area contributed by atoms with Gasteiger partial charge in [0.05, 0.1) is 0 Å². The van der Waals surface area contributed by atoms with Crippen LogP contribution in [0.25, 0.3) is 0 Å². The van der Waals surface area contributed by atoms with E-state index < -0.39 is 11.3 Å². The van der Waals surface area contributed by atoms with Crippen LogP contribution in [0.5, 0.6) is 0 Å². The van der Waals surface area contributed by atoms with Gasteiger partial charge in [0.1, 0.15) is 0 Å². The first-order valence-electron chi connectivity index (χ1n) is 12.0. The van der Waals surface area contributed by atoms with E-state index in [-0.39, 0.29) is 5.41 Å². The van der Waals surface area contributed by atoms with Crippen molar-refractivity contribution in [2.45, 2.75) is 51.0 Å². The van der Waals surface area contributed by atoms with Crippen LogP contribution in [0, 0.1) is 5.41 Å². The Morgan fingerprint density at radius 1 is 1.16 bits per heavy atom. The zero-order valence-corrected chi connectivity index (χ0v) is 19.8. The summed E-state index contributed by atoms with van der Waals surface area (Å²) < 4.78 is 24.0. The number of likely N-dealkylation sites (tertiary alicyclic amines) is 1. The van der Waals surface area contributed by atoms with Crippen molar-refractivity contribution in [1.29, 1.82) is 0 Å². The fraction of sp³-hybridized carbons (Fsp3) is 0.538. The summed E-state index contributed by atoms with van der Waals surface area (Å²) in [6, 6.07) is 18.8. The normalized spacial score (nSPS) is 25.5. The zero-order valence-electron chi connectivity index (χ0n) is 19.0. The smallest absolute Gasteiger partial charge is 0.0369 e. The van der Waals surface area contributed by atoms with Crippen molar-refractivity contribution in [2.75, 3.05) is 37.6 Å². The van der Waals surface area contributed by atoms with Gasteiger partial charge in [0.25, 0.3) is 0 Å². The van der Waals surface area contributed by atoms with Gasteiger partial charge in [-0.05, 0) is 74.0 Å². The average Bonchev–Trinajstić information content (AvgIpc) is 2.72. The fourth-order valence-corrected chi connectivity index (χ4v) is 6.21. The highest BCUT2D eigenvalue weighted by atomic mass is 32.2. The zero-order chi connectivity index (χ0) is 22.1. The van der Waals surface area contributed by atoms with Gasteiger partial charge in [-0.1, -0.05) is 43.3 Å². The molecule has 0 amide bonds. The first kappa shape index (κ1) is 22.1. The number of fused-ring (bicyclic) bond motifs is 1. The molecule has 2 fully saturated rings. The lowest BCUT2D eigenvalue weighted by Gasteiger charge is -2.50. The molecule has 0 spiro atoms. The van der Waals surface area contributed by atoms with Gasteiger partial charge in [0.15, 0.2) is 0 Å². The molecule has 1 unspecified atom stereocenters. The van der Waals surface area contributed by atoms with Gasteiger partial charge in [0.2, 0.25) is 0 Å². The summed E-state index contributed by atoms with van der Waals surface area (Å²) in [5.74, 6) is 0.547. The van der Waals surface area contributed by atoms with Crippen molar-refractivity contribution in [3.05, 3.63) is 65.2 Å². The van der Waals surface area contributed by atoms with Crippen LogP contribution in [0.2, 0.25) is 0 Å². The standard InChI is InChI=1S/C26H35N3O2S/c1-26(12-13-27-32(30)31)18-29(19-26)22-10-8-21-9-11-25(28-14-5-15-28)24(23(21)17-22)16-20-6-3-2-4-7-20/h2-4,6-8,10,17,24-25,27H,5,9,11-16,18-19H2,1H3,(H,30,31)/p-1/t24-,25+/m1/s1. The predicted octanol–water partition coefficient (Wildman–Crippen LogP) is 3.63. The lowest BCUT2D eigenvalue weighted by molar-refractivity contribution is 0.0877. The van der Waals surface area contributed by atoms with Crippen LogP contribution in [0.15, 0.2) is 48.5 Å². The third-order valence-corrected chi connectivity index (χ3v) is 8.26. The summed E-state index contributed by atoms with van der Waals surface area (Å²) in [5, 5.41) is 0. The first-order chi connectivity index (χ1) is 15.5. The van der Waals surface area contributed by atoms with Crippen LogP contribution < -0.4 is 9.62 Å². The van der Waals surface area contributed by atoms with Gasteiger partial charge < -0.3 is 9.45 Å². The molecular formula is C26H34N3O2S-. The summed E-state index contributed by atoms with van der Waals surface area (Å²) in [6.07, 6.45) is 5.75. The van der Waals surface area contributed by atoms with Gasteiger partial charge in [-0.3, -0.25) is 9.11 Å². The van der Waals surface area contributed by atoms with Crippen LogP contribution in [0.4, 0.5) is 5.69 Å². The molecule has 32 heavy (non-hydrogen) atoms. The largest absolute Gasteiger partial charge is 0.760 e. The van der Waals surface area contributed by atoms with E-state index in [4.69, 9.17) is 0 Å². The summed E-state index contributed by atoms with van der Waals surface area (Å²) in [7, 11) is 0. The van der Waals surface area contributed by atoms with Gasteiger partial charge in [-0.15, -0.1) is 0 Å². The molecule has 2 aromatic rings. The number of aryl methyl sites for hydroxylation is 1. The van der Waals surface area contributed by atoms with Gasteiger partial charge in [-0.2, -0.15) is 0 Å². The Kier molecular flexibility index (Phi) is 6.39. The van der Waals surface area contributed by atoms with Crippen LogP contribution in [-0.2, 0) is 24.1 Å². The molecule has 0 bridgehead atoms. The maximum Gasteiger partial charge on any atom is 0.0369 e. The Balaban J connectivity index is 1.34. The van der Waals surface area contributed by atoms with Crippen molar-refractivity contribution < 1.29 is 8.76 Å². The second kappa shape index (κ2) is 9.26. The molecule has 2 aromatic carbocycles. The minimum atomic E-state index is -2.17. The number of benzene rings is 2. The molecule has 2 heterocycles. The van der Waals surface area contributed by atoms with E-state index in [0.717, 1.165) is 25.9 Å². The third-order valence-electron chi connectivity index (χ3n) is 7.82. The van der Waals surface area contributed by atoms with Crippen LogP contribution in [0.1, 0.15) is 48.8 Å². The van der Waals surface area contributed by atoms with E-state index in [0.29, 0.717) is 18.5 Å². The Labute approximate surface area is 194 Å². The second-order valence-electron chi connectivity index (χ2n) is 10.2. The first-order valence-corrected chi connectivity index (χ1v) is 13.1.